The molecule has 1 amide bonds. The van der Waals surface area contributed by atoms with Crippen molar-refractivity contribution in [1.29, 1.82) is 0 Å². The van der Waals surface area contributed by atoms with Crippen LogP contribution in [0.1, 0.15) is 17.3 Å². The van der Waals surface area contributed by atoms with E-state index in [4.69, 9.17) is 5.11 Å². The minimum atomic E-state index is -3.38. The summed E-state index contributed by atoms with van der Waals surface area (Å²) in [6, 6.07) is 5.49. The van der Waals surface area contributed by atoms with Crippen LogP contribution < -0.4 is 5.32 Å². The van der Waals surface area contributed by atoms with Crippen molar-refractivity contribution in [3.63, 3.8) is 0 Å². The maximum absolute atomic E-state index is 11.6. The second kappa shape index (κ2) is 5.63. The highest BCUT2D eigenvalue weighted by molar-refractivity contribution is 7.91. The van der Waals surface area contributed by atoms with Crippen LogP contribution in [-0.4, -0.2) is 37.7 Å². The normalized spacial score (nSPS) is 10.9. The number of carbonyl (C=O) groups is 2. The van der Waals surface area contributed by atoms with Gasteiger partial charge in [-0.25, -0.2) is 8.42 Å². The molecule has 2 N–H and O–H groups in total. The summed E-state index contributed by atoms with van der Waals surface area (Å²) in [6.07, 6.45) is 0. The van der Waals surface area contributed by atoms with E-state index >= 15 is 0 Å². The van der Waals surface area contributed by atoms with Crippen molar-refractivity contribution in [2.75, 3.05) is 12.3 Å². The number of hydrogen-bond donors (Lipinski definition) is 2. The summed E-state index contributed by atoms with van der Waals surface area (Å²) in [5.74, 6) is -1.85. The van der Waals surface area contributed by atoms with E-state index in [1.807, 2.05) is 0 Å². The van der Waals surface area contributed by atoms with Crippen molar-refractivity contribution in [3.8, 4) is 0 Å². The van der Waals surface area contributed by atoms with Gasteiger partial charge in [0.2, 0.25) is 0 Å². The van der Waals surface area contributed by atoms with Crippen molar-refractivity contribution in [3.05, 3.63) is 29.8 Å². The second-order valence-corrected chi connectivity index (χ2v) is 5.79. The van der Waals surface area contributed by atoms with Crippen LogP contribution in [-0.2, 0) is 14.6 Å². The lowest BCUT2D eigenvalue weighted by atomic mass is 10.2. The minimum absolute atomic E-state index is 0.0491. The summed E-state index contributed by atoms with van der Waals surface area (Å²) in [4.78, 5) is 21.9. The molecular formula is C11H13NO5S. The molecule has 98 valence electrons. The molecule has 0 aliphatic rings. The number of benzene rings is 1. The lowest BCUT2D eigenvalue weighted by Crippen LogP contribution is -2.29. The van der Waals surface area contributed by atoms with Crippen molar-refractivity contribution in [2.24, 2.45) is 0 Å². The van der Waals surface area contributed by atoms with Gasteiger partial charge in [-0.05, 0) is 18.2 Å². The predicted molar refractivity (Wildman–Crippen MR) is 64.1 cm³/mol. The SMILES string of the molecule is CCS(=O)(=O)c1cccc(C(=O)NCC(=O)O)c1. The molecule has 0 saturated carbocycles. The van der Waals surface area contributed by atoms with E-state index in [-0.39, 0.29) is 16.2 Å². The Hall–Kier alpha value is -1.89. The predicted octanol–water partition coefficient (Wildman–Crippen LogP) is 0.295. The molecule has 0 aliphatic heterocycles. The molecule has 0 bridgehead atoms. The van der Waals surface area contributed by atoms with Gasteiger partial charge in [-0.3, -0.25) is 9.59 Å². The van der Waals surface area contributed by atoms with E-state index in [1.54, 1.807) is 0 Å². The summed E-state index contributed by atoms with van der Waals surface area (Å²) in [5, 5.41) is 10.6. The van der Waals surface area contributed by atoms with E-state index in [1.165, 1.54) is 31.2 Å². The molecule has 0 radical (unpaired) electrons. The van der Waals surface area contributed by atoms with Gasteiger partial charge in [0.05, 0.1) is 10.6 Å². The highest BCUT2D eigenvalue weighted by Crippen LogP contribution is 2.13. The van der Waals surface area contributed by atoms with Gasteiger partial charge in [-0.15, -0.1) is 0 Å². The van der Waals surface area contributed by atoms with Gasteiger partial charge >= 0.3 is 5.97 Å². The molecule has 0 fully saturated rings. The largest absolute Gasteiger partial charge is 0.480 e. The first-order valence-electron chi connectivity index (χ1n) is 5.19. The lowest BCUT2D eigenvalue weighted by Gasteiger charge is -2.05. The van der Waals surface area contributed by atoms with Crippen LogP contribution in [0.15, 0.2) is 29.2 Å². The van der Waals surface area contributed by atoms with E-state index < -0.39 is 28.3 Å². The summed E-state index contributed by atoms with van der Waals surface area (Å²) < 4.78 is 23.2. The molecule has 0 aliphatic carbocycles. The average molecular weight is 271 g/mol. The third-order valence-corrected chi connectivity index (χ3v) is 3.97. The molecule has 1 aromatic rings. The molecule has 6 nitrogen and oxygen atoms in total. The van der Waals surface area contributed by atoms with E-state index in [0.717, 1.165) is 0 Å². The van der Waals surface area contributed by atoms with Crippen LogP contribution in [0, 0.1) is 0 Å². The molecule has 0 saturated heterocycles. The maximum atomic E-state index is 11.6. The first kappa shape index (κ1) is 14.2. The Bertz CT molecular complexity index is 565. The Balaban J connectivity index is 2.96. The molecule has 0 unspecified atom stereocenters. The summed E-state index contributed by atoms with van der Waals surface area (Å²) in [6.45, 7) is 0.996. The van der Waals surface area contributed by atoms with Gasteiger partial charge in [0.1, 0.15) is 6.54 Å². The number of carboxylic acid groups (broad SMARTS) is 1. The van der Waals surface area contributed by atoms with Crippen LogP contribution in [0.5, 0.6) is 0 Å². The van der Waals surface area contributed by atoms with Crippen LogP contribution in [0.4, 0.5) is 0 Å². The third kappa shape index (κ3) is 3.56. The Labute approximate surface area is 105 Å². The van der Waals surface area contributed by atoms with Crippen LogP contribution in [0.3, 0.4) is 0 Å². The number of amides is 1. The molecule has 18 heavy (non-hydrogen) atoms. The van der Waals surface area contributed by atoms with Crippen molar-refractivity contribution in [2.45, 2.75) is 11.8 Å². The quantitative estimate of drug-likeness (QED) is 0.802. The van der Waals surface area contributed by atoms with Gasteiger partial charge in [0.15, 0.2) is 9.84 Å². The molecular weight excluding hydrogens is 258 g/mol. The number of nitrogens with one attached hydrogen (secondary N) is 1. The van der Waals surface area contributed by atoms with Crippen molar-refractivity contribution >= 4 is 21.7 Å². The number of hydrogen-bond acceptors (Lipinski definition) is 4. The number of carboxylic acids is 1. The first-order chi connectivity index (χ1) is 8.36. The highest BCUT2D eigenvalue weighted by atomic mass is 32.2. The summed E-state index contributed by atoms with van der Waals surface area (Å²) in [5.41, 5.74) is 0.116. The van der Waals surface area contributed by atoms with Crippen LogP contribution in [0.2, 0.25) is 0 Å². The Morgan fingerprint density at radius 2 is 2.00 bits per heavy atom. The monoisotopic (exact) mass is 271 g/mol. The Kier molecular flexibility index (Phi) is 4.43. The van der Waals surface area contributed by atoms with Gasteiger partial charge in [-0.2, -0.15) is 0 Å². The molecule has 0 atom stereocenters. The van der Waals surface area contributed by atoms with Crippen LogP contribution in [0.25, 0.3) is 0 Å². The molecule has 0 aromatic heterocycles. The van der Waals surface area contributed by atoms with Gasteiger partial charge in [-0.1, -0.05) is 13.0 Å². The third-order valence-electron chi connectivity index (χ3n) is 2.24. The number of carbonyl (C=O) groups excluding carboxylic acids is 1. The Morgan fingerprint density at radius 3 is 2.56 bits per heavy atom. The van der Waals surface area contributed by atoms with Gasteiger partial charge in [0.25, 0.3) is 5.91 Å². The number of aliphatic carboxylic acids is 1. The zero-order chi connectivity index (χ0) is 13.8. The number of rotatable bonds is 5. The smallest absolute Gasteiger partial charge is 0.322 e. The molecule has 0 heterocycles. The minimum Gasteiger partial charge on any atom is -0.480 e. The van der Waals surface area contributed by atoms with Gasteiger partial charge in [0, 0.05) is 5.56 Å². The van der Waals surface area contributed by atoms with Crippen molar-refractivity contribution in [1.82, 2.24) is 5.32 Å². The molecule has 0 spiro atoms. The van der Waals surface area contributed by atoms with Gasteiger partial charge < -0.3 is 10.4 Å². The van der Waals surface area contributed by atoms with Crippen LogP contribution >= 0.6 is 0 Å². The fraction of sp³-hybridized carbons (Fsp3) is 0.273. The summed E-state index contributed by atoms with van der Waals surface area (Å²) in [7, 11) is -3.38. The number of sulfone groups is 1. The average Bonchev–Trinajstić information content (AvgIpc) is 2.36. The fourth-order valence-electron chi connectivity index (χ4n) is 1.26. The molecule has 7 heteroatoms. The first-order valence-corrected chi connectivity index (χ1v) is 6.85. The second-order valence-electron chi connectivity index (χ2n) is 3.51. The van der Waals surface area contributed by atoms with Crippen molar-refractivity contribution < 1.29 is 23.1 Å². The molecule has 1 rings (SSSR count). The van der Waals surface area contributed by atoms with E-state index in [2.05, 4.69) is 5.32 Å². The molecule has 1 aromatic carbocycles. The summed E-state index contributed by atoms with van der Waals surface area (Å²) >= 11 is 0. The highest BCUT2D eigenvalue weighted by Gasteiger charge is 2.14. The van der Waals surface area contributed by atoms with E-state index in [0.29, 0.717) is 0 Å². The van der Waals surface area contributed by atoms with E-state index in [9.17, 15) is 18.0 Å². The maximum Gasteiger partial charge on any atom is 0.322 e. The standard InChI is InChI=1S/C11H13NO5S/c1-2-18(16,17)9-5-3-4-8(6-9)11(15)12-7-10(13)14/h3-6H,2,7H2,1H3,(H,12,15)(H,13,14). The Morgan fingerprint density at radius 1 is 1.33 bits per heavy atom. The lowest BCUT2D eigenvalue weighted by molar-refractivity contribution is -0.135. The topological polar surface area (TPSA) is 101 Å². The zero-order valence-corrected chi connectivity index (χ0v) is 10.5. The zero-order valence-electron chi connectivity index (χ0n) is 9.71. The fourth-order valence-corrected chi connectivity index (χ4v) is 2.18.